The first kappa shape index (κ1) is 15.5. The van der Waals surface area contributed by atoms with E-state index in [-0.39, 0.29) is 11.2 Å². The lowest BCUT2D eigenvalue weighted by atomic mass is 9.78. The molecule has 4 rings (SSSR count). The summed E-state index contributed by atoms with van der Waals surface area (Å²) >= 11 is 0. The SMILES string of the molecule is CCc1cc(=O)oc2cc(C)c3c(c12)OC1(C=C3)CCC(C)CC1. The van der Waals surface area contributed by atoms with Crippen molar-refractivity contribution in [3.05, 3.63) is 45.3 Å². The number of fused-ring (bicyclic) bond motifs is 3. The largest absolute Gasteiger partial charge is 0.482 e. The molecule has 0 N–H and O–H groups in total. The predicted molar refractivity (Wildman–Crippen MR) is 96.6 cm³/mol. The summed E-state index contributed by atoms with van der Waals surface area (Å²) in [6.07, 6.45) is 9.75. The van der Waals surface area contributed by atoms with Gasteiger partial charge in [0.1, 0.15) is 16.9 Å². The molecule has 0 amide bonds. The highest BCUT2D eigenvalue weighted by atomic mass is 16.5. The molecule has 2 heterocycles. The van der Waals surface area contributed by atoms with Gasteiger partial charge in [-0.3, -0.25) is 0 Å². The number of benzene rings is 1. The van der Waals surface area contributed by atoms with Crippen LogP contribution in [0.1, 0.15) is 56.2 Å². The lowest BCUT2D eigenvalue weighted by Crippen LogP contribution is -2.39. The summed E-state index contributed by atoms with van der Waals surface area (Å²) < 4.78 is 12.1. The zero-order valence-corrected chi connectivity index (χ0v) is 14.6. The summed E-state index contributed by atoms with van der Waals surface area (Å²) in [6, 6.07) is 3.57. The zero-order chi connectivity index (χ0) is 16.9. The smallest absolute Gasteiger partial charge is 0.336 e. The Balaban J connectivity index is 1.92. The van der Waals surface area contributed by atoms with E-state index in [9.17, 15) is 4.79 Å². The molecule has 0 bridgehead atoms. The summed E-state index contributed by atoms with van der Waals surface area (Å²) in [6.45, 7) is 6.43. The van der Waals surface area contributed by atoms with Crippen molar-refractivity contribution in [1.29, 1.82) is 0 Å². The van der Waals surface area contributed by atoms with E-state index in [1.165, 1.54) is 12.8 Å². The third-order valence-electron chi connectivity index (χ3n) is 5.67. The zero-order valence-electron chi connectivity index (χ0n) is 14.6. The van der Waals surface area contributed by atoms with Crippen LogP contribution in [-0.4, -0.2) is 5.60 Å². The van der Waals surface area contributed by atoms with Crippen LogP contribution in [0.25, 0.3) is 17.0 Å². The average Bonchev–Trinajstić information content (AvgIpc) is 2.56. The van der Waals surface area contributed by atoms with E-state index < -0.39 is 0 Å². The number of hydrogen-bond donors (Lipinski definition) is 0. The van der Waals surface area contributed by atoms with Crippen LogP contribution in [0.2, 0.25) is 0 Å². The van der Waals surface area contributed by atoms with Gasteiger partial charge in [-0.25, -0.2) is 4.79 Å². The first-order valence-electron chi connectivity index (χ1n) is 9.00. The molecule has 3 nitrogen and oxygen atoms in total. The van der Waals surface area contributed by atoms with Gasteiger partial charge in [-0.1, -0.05) is 19.9 Å². The van der Waals surface area contributed by atoms with E-state index in [4.69, 9.17) is 9.15 Å². The molecule has 1 spiro atoms. The Bertz CT molecular complexity index is 880. The fraction of sp³-hybridized carbons (Fsp3) is 0.476. The molecule has 0 radical (unpaired) electrons. The van der Waals surface area contributed by atoms with E-state index in [0.717, 1.165) is 53.0 Å². The van der Waals surface area contributed by atoms with Crippen molar-refractivity contribution < 1.29 is 9.15 Å². The maximum atomic E-state index is 11.9. The molecular formula is C21H24O3. The van der Waals surface area contributed by atoms with Crippen LogP contribution in [0.3, 0.4) is 0 Å². The Morgan fingerprint density at radius 2 is 2.00 bits per heavy atom. The second kappa shape index (κ2) is 5.51. The topological polar surface area (TPSA) is 39.4 Å². The Labute approximate surface area is 142 Å². The minimum Gasteiger partial charge on any atom is -0.482 e. The molecule has 2 aliphatic rings. The lowest BCUT2D eigenvalue weighted by Gasteiger charge is -2.40. The van der Waals surface area contributed by atoms with Crippen molar-refractivity contribution in [2.24, 2.45) is 5.92 Å². The van der Waals surface area contributed by atoms with Crippen LogP contribution in [0, 0.1) is 12.8 Å². The van der Waals surface area contributed by atoms with Crippen LogP contribution >= 0.6 is 0 Å². The van der Waals surface area contributed by atoms with Gasteiger partial charge in [0.2, 0.25) is 0 Å². The van der Waals surface area contributed by atoms with Crippen LogP contribution in [0.4, 0.5) is 0 Å². The predicted octanol–water partition coefficient (Wildman–Crippen LogP) is 5.02. The Morgan fingerprint density at radius 1 is 1.25 bits per heavy atom. The fourth-order valence-corrected chi connectivity index (χ4v) is 4.09. The normalized spacial score (nSPS) is 25.7. The van der Waals surface area contributed by atoms with Gasteiger partial charge >= 0.3 is 5.63 Å². The molecule has 1 aliphatic carbocycles. The molecule has 126 valence electrons. The minimum absolute atomic E-state index is 0.193. The van der Waals surface area contributed by atoms with Crippen molar-refractivity contribution in [3.63, 3.8) is 0 Å². The Morgan fingerprint density at radius 3 is 2.71 bits per heavy atom. The summed E-state index contributed by atoms with van der Waals surface area (Å²) in [5, 5.41) is 0.972. The van der Waals surface area contributed by atoms with Gasteiger partial charge in [0.05, 0.1) is 5.39 Å². The van der Waals surface area contributed by atoms with Gasteiger partial charge in [-0.05, 0) is 68.2 Å². The standard InChI is InChI=1S/C21H24O3/c1-4-15-12-18(22)23-17-11-14(3)16-7-10-21(24-20(16)19(15)17)8-5-13(2)6-9-21/h7,10-13H,4-6,8-9H2,1-3H3. The molecule has 0 unspecified atom stereocenters. The highest BCUT2D eigenvalue weighted by molar-refractivity contribution is 5.92. The maximum absolute atomic E-state index is 11.9. The van der Waals surface area contributed by atoms with Crippen molar-refractivity contribution in [3.8, 4) is 5.75 Å². The van der Waals surface area contributed by atoms with Gasteiger partial charge < -0.3 is 9.15 Å². The second-order valence-electron chi connectivity index (χ2n) is 7.44. The maximum Gasteiger partial charge on any atom is 0.336 e. The number of aryl methyl sites for hydroxylation is 2. The average molecular weight is 324 g/mol. The molecule has 2 aromatic rings. The summed E-state index contributed by atoms with van der Waals surface area (Å²) in [4.78, 5) is 11.9. The molecule has 1 aromatic heterocycles. The molecule has 1 aromatic carbocycles. The van der Waals surface area contributed by atoms with Crippen molar-refractivity contribution in [2.75, 3.05) is 0 Å². The molecule has 0 atom stereocenters. The van der Waals surface area contributed by atoms with Crippen molar-refractivity contribution >= 4 is 17.0 Å². The molecular weight excluding hydrogens is 300 g/mol. The fourth-order valence-electron chi connectivity index (χ4n) is 4.09. The van der Waals surface area contributed by atoms with E-state index in [1.807, 2.05) is 13.0 Å². The summed E-state index contributed by atoms with van der Waals surface area (Å²) in [5.41, 5.74) is 3.38. The first-order chi connectivity index (χ1) is 11.5. The highest BCUT2D eigenvalue weighted by Crippen LogP contribution is 2.45. The monoisotopic (exact) mass is 324 g/mol. The highest BCUT2D eigenvalue weighted by Gasteiger charge is 2.37. The number of hydrogen-bond acceptors (Lipinski definition) is 3. The van der Waals surface area contributed by atoms with Crippen molar-refractivity contribution in [1.82, 2.24) is 0 Å². The van der Waals surface area contributed by atoms with Crippen LogP contribution < -0.4 is 10.4 Å². The van der Waals surface area contributed by atoms with E-state index >= 15 is 0 Å². The van der Waals surface area contributed by atoms with Gasteiger partial charge in [0, 0.05) is 11.6 Å². The van der Waals surface area contributed by atoms with E-state index in [0.29, 0.717) is 5.58 Å². The third-order valence-corrected chi connectivity index (χ3v) is 5.67. The summed E-state index contributed by atoms with van der Waals surface area (Å²) in [5.74, 6) is 1.68. The molecule has 1 fully saturated rings. The van der Waals surface area contributed by atoms with Crippen molar-refractivity contribution in [2.45, 2.75) is 58.5 Å². The minimum atomic E-state index is -0.286. The molecule has 24 heavy (non-hydrogen) atoms. The lowest BCUT2D eigenvalue weighted by molar-refractivity contribution is 0.0620. The van der Waals surface area contributed by atoms with Crippen LogP contribution in [0.15, 0.2) is 27.4 Å². The van der Waals surface area contributed by atoms with Crippen LogP contribution in [-0.2, 0) is 6.42 Å². The number of rotatable bonds is 1. The van der Waals surface area contributed by atoms with Gasteiger partial charge in [-0.2, -0.15) is 0 Å². The van der Waals surface area contributed by atoms with Gasteiger partial charge in [0.15, 0.2) is 0 Å². The quantitative estimate of drug-likeness (QED) is 0.692. The van der Waals surface area contributed by atoms with Crippen LogP contribution in [0.5, 0.6) is 5.75 Å². The first-order valence-corrected chi connectivity index (χ1v) is 9.00. The molecule has 0 saturated heterocycles. The molecule has 1 aliphatic heterocycles. The van der Waals surface area contributed by atoms with E-state index in [1.54, 1.807) is 6.07 Å². The Hall–Kier alpha value is -2.03. The molecule has 3 heteroatoms. The second-order valence-corrected chi connectivity index (χ2v) is 7.44. The Kier molecular flexibility index (Phi) is 3.56. The molecule has 1 saturated carbocycles. The third kappa shape index (κ3) is 2.38. The van der Waals surface area contributed by atoms with Gasteiger partial charge in [-0.15, -0.1) is 0 Å². The summed E-state index contributed by atoms with van der Waals surface area (Å²) in [7, 11) is 0. The van der Waals surface area contributed by atoms with Gasteiger partial charge in [0.25, 0.3) is 0 Å². The van der Waals surface area contributed by atoms with E-state index in [2.05, 4.69) is 26.0 Å². The number of ether oxygens (including phenoxy) is 1.